The molecule has 0 atom stereocenters. The molecule has 0 bridgehead atoms. The first kappa shape index (κ1) is 18.1. The average molecular weight is 461 g/mol. The third kappa shape index (κ3) is 2.31. The van der Waals surface area contributed by atoms with Crippen LogP contribution < -0.4 is 0 Å². The lowest BCUT2D eigenvalue weighted by molar-refractivity contribution is 1.26. The molecule has 30 heavy (non-hydrogen) atoms. The Morgan fingerprint density at radius 2 is 0.900 bits per heavy atom. The number of hydrogen-bond acceptors (Lipinski definition) is 4. The Labute approximate surface area is 193 Å². The van der Waals surface area contributed by atoms with Crippen LogP contribution in [0.25, 0.3) is 44.5 Å². The van der Waals surface area contributed by atoms with Gasteiger partial charge in [0.15, 0.2) is 0 Å². The van der Waals surface area contributed by atoms with Crippen LogP contribution in [-0.4, -0.2) is 0 Å². The SMILES string of the molecule is Cc1cc2c(c3c1CSC3)-c1cscc1-c1cc(C)c3c(c1-c1cscc1-2)CSC3. The standard InChI is InChI=1S/C26H20S4/c1-13-3-15-19-7-29-11-23(19)26-16(4-14(2)18-6-28-10-22(18)26)20-8-30-12-24(20)25(15)21-9-27-5-17(13)21/h3-4,7-8,11-12H,5-6,9-10H2,1-2H3. The molecule has 2 aromatic carbocycles. The molecule has 148 valence electrons. The van der Waals surface area contributed by atoms with Crippen molar-refractivity contribution < 1.29 is 0 Å². The van der Waals surface area contributed by atoms with Gasteiger partial charge < -0.3 is 0 Å². The first-order valence-corrected chi connectivity index (χ1v) is 14.5. The minimum atomic E-state index is 1.14. The van der Waals surface area contributed by atoms with E-state index in [-0.39, 0.29) is 0 Å². The van der Waals surface area contributed by atoms with Gasteiger partial charge in [0.05, 0.1) is 0 Å². The summed E-state index contributed by atoms with van der Waals surface area (Å²) in [7, 11) is 0. The van der Waals surface area contributed by atoms with Gasteiger partial charge in [-0.25, -0.2) is 0 Å². The molecule has 4 heterocycles. The molecule has 0 saturated heterocycles. The van der Waals surface area contributed by atoms with Gasteiger partial charge >= 0.3 is 0 Å². The Hall–Kier alpha value is -1.46. The molecule has 1 aliphatic carbocycles. The normalized spacial score (nSPS) is 15.5. The Kier molecular flexibility index (Phi) is 3.94. The van der Waals surface area contributed by atoms with Gasteiger partial charge in [0.25, 0.3) is 0 Å². The van der Waals surface area contributed by atoms with Crippen LogP contribution in [0.2, 0.25) is 0 Å². The first-order chi connectivity index (χ1) is 14.7. The molecule has 2 aliphatic heterocycles. The van der Waals surface area contributed by atoms with E-state index >= 15 is 0 Å². The Morgan fingerprint density at radius 1 is 0.500 bits per heavy atom. The van der Waals surface area contributed by atoms with Crippen LogP contribution in [-0.2, 0) is 23.0 Å². The maximum Gasteiger partial charge on any atom is 0.0197 e. The third-order valence-corrected chi connectivity index (χ3v) is 10.4. The van der Waals surface area contributed by atoms with E-state index < -0.39 is 0 Å². The second kappa shape index (κ2) is 6.52. The summed E-state index contributed by atoms with van der Waals surface area (Å²) in [6.07, 6.45) is 0. The molecule has 0 saturated carbocycles. The Balaban J connectivity index is 1.68. The van der Waals surface area contributed by atoms with Crippen LogP contribution in [0.15, 0.2) is 33.7 Å². The Morgan fingerprint density at radius 3 is 1.37 bits per heavy atom. The molecule has 3 aliphatic rings. The summed E-state index contributed by atoms with van der Waals surface area (Å²) >= 11 is 7.86. The topological polar surface area (TPSA) is 0 Å². The monoisotopic (exact) mass is 460 g/mol. The molecule has 0 N–H and O–H groups in total. The van der Waals surface area contributed by atoms with Gasteiger partial charge in [-0.1, -0.05) is 12.1 Å². The molecular formula is C26H20S4. The van der Waals surface area contributed by atoms with Crippen LogP contribution >= 0.6 is 46.2 Å². The summed E-state index contributed by atoms with van der Waals surface area (Å²) in [4.78, 5) is 0. The van der Waals surface area contributed by atoms with Crippen molar-refractivity contribution in [2.24, 2.45) is 0 Å². The fraction of sp³-hybridized carbons (Fsp3) is 0.231. The molecular weight excluding hydrogens is 441 g/mol. The van der Waals surface area contributed by atoms with E-state index in [9.17, 15) is 0 Å². The van der Waals surface area contributed by atoms with Gasteiger partial charge in [0.1, 0.15) is 0 Å². The third-order valence-electron chi connectivity index (χ3n) is 6.97. The van der Waals surface area contributed by atoms with E-state index in [2.05, 4.69) is 71.0 Å². The van der Waals surface area contributed by atoms with Gasteiger partial charge in [0.2, 0.25) is 0 Å². The average Bonchev–Trinajstić information content (AvgIpc) is 3.52. The highest BCUT2D eigenvalue weighted by molar-refractivity contribution is 7.98. The molecule has 0 unspecified atom stereocenters. The number of rotatable bonds is 0. The summed E-state index contributed by atoms with van der Waals surface area (Å²) in [6.45, 7) is 4.63. The molecule has 2 aromatic heterocycles. The van der Waals surface area contributed by atoms with E-state index in [1.165, 1.54) is 55.6 Å². The zero-order valence-corrected chi connectivity index (χ0v) is 20.2. The maximum atomic E-state index is 2.49. The lowest BCUT2D eigenvalue weighted by Gasteiger charge is -2.24. The highest BCUT2D eigenvalue weighted by Crippen LogP contribution is 2.56. The number of benzene rings is 2. The fourth-order valence-corrected chi connectivity index (χ4v) is 9.66. The Bertz CT molecular complexity index is 1260. The zero-order valence-electron chi connectivity index (χ0n) is 16.9. The number of hydrogen-bond donors (Lipinski definition) is 0. The quantitative estimate of drug-likeness (QED) is 0.226. The van der Waals surface area contributed by atoms with Crippen LogP contribution in [0, 0.1) is 13.8 Å². The van der Waals surface area contributed by atoms with Gasteiger partial charge in [0, 0.05) is 45.3 Å². The molecule has 7 rings (SSSR count). The fourth-order valence-electron chi connectivity index (χ4n) is 5.52. The lowest BCUT2D eigenvalue weighted by Crippen LogP contribution is -2.02. The minimum absolute atomic E-state index is 1.14. The van der Waals surface area contributed by atoms with E-state index in [1.54, 1.807) is 22.3 Å². The van der Waals surface area contributed by atoms with E-state index in [0.717, 1.165) is 23.0 Å². The summed E-state index contributed by atoms with van der Waals surface area (Å²) in [5, 5.41) is 9.62. The highest BCUT2D eigenvalue weighted by Gasteiger charge is 2.31. The molecule has 0 amide bonds. The lowest BCUT2D eigenvalue weighted by atomic mass is 9.78. The van der Waals surface area contributed by atoms with Crippen molar-refractivity contribution in [1.29, 1.82) is 0 Å². The number of thiophene rings is 2. The zero-order chi connectivity index (χ0) is 20.0. The van der Waals surface area contributed by atoms with Crippen molar-refractivity contribution in [3.05, 3.63) is 67.0 Å². The molecule has 0 radical (unpaired) electrons. The second-order valence-electron chi connectivity index (χ2n) is 8.53. The van der Waals surface area contributed by atoms with Crippen molar-refractivity contribution in [1.82, 2.24) is 0 Å². The van der Waals surface area contributed by atoms with Crippen molar-refractivity contribution in [2.75, 3.05) is 0 Å². The largest absolute Gasteiger partial charge is 0.152 e. The van der Waals surface area contributed by atoms with Crippen molar-refractivity contribution in [3.8, 4) is 44.5 Å². The first-order valence-electron chi connectivity index (χ1n) is 10.3. The number of fused-ring (bicyclic) bond motifs is 12. The molecule has 4 aromatic rings. The second-order valence-corrected chi connectivity index (χ2v) is 12.0. The summed E-state index contributed by atoms with van der Waals surface area (Å²) in [6, 6.07) is 4.97. The molecule has 0 fully saturated rings. The van der Waals surface area contributed by atoms with Gasteiger partial charge in [-0.05, 0) is 91.0 Å². The minimum Gasteiger partial charge on any atom is -0.152 e. The summed E-state index contributed by atoms with van der Waals surface area (Å²) in [5.74, 6) is 4.59. The van der Waals surface area contributed by atoms with E-state index in [0.29, 0.717) is 0 Å². The van der Waals surface area contributed by atoms with Crippen LogP contribution in [0.1, 0.15) is 33.4 Å². The van der Waals surface area contributed by atoms with Crippen LogP contribution in [0.4, 0.5) is 0 Å². The van der Waals surface area contributed by atoms with Crippen LogP contribution in [0.3, 0.4) is 0 Å². The van der Waals surface area contributed by atoms with Gasteiger partial charge in [-0.3, -0.25) is 0 Å². The van der Waals surface area contributed by atoms with Gasteiger partial charge in [-0.15, -0.1) is 0 Å². The van der Waals surface area contributed by atoms with E-state index in [1.807, 2.05) is 22.7 Å². The molecule has 4 heteroatoms. The predicted octanol–water partition coefficient (Wildman–Crippen LogP) is 8.90. The number of thioether (sulfide) groups is 2. The van der Waals surface area contributed by atoms with E-state index in [4.69, 9.17) is 0 Å². The number of aryl methyl sites for hydroxylation is 2. The summed E-state index contributed by atoms with van der Waals surface area (Å²) < 4.78 is 0. The smallest absolute Gasteiger partial charge is 0.0197 e. The predicted molar refractivity (Wildman–Crippen MR) is 137 cm³/mol. The highest BCUT2D eigenvalue weighted by atomic mass is 32.2. The van der Waals surface area contributed by atoms with Crippen molar-refractivity contribution >= 4 is 46.2 Å². The van der Waals surface area contributed by atoms with Gasteiger partial charge in [-0.2, -0.15) is 46.2 Å². The molecule has 0 nitrogen and oxygen atoms in total. The summed E-state index contributed by atoms with van der Waals surface area (Å²) in [5.41, 5.74) is 21.0. The molecule has 0 spiro atoms. The van der Waals surface area contributed by atoms with Crippen LogP contribution in [0.5, 0.6) is 0 Å². The van der Waals surface area contributed by atoms with Crippen molar-refractivity contribution in [3.63, 3.8) is 0 Å². The maximum absolute atomic E-state index is 2.49. The van der Waals surface area contributed by atoms with Crippen molar-refractivity contribution in [2.45, 2.75) is 36.9 Å².